The van der Waals surface area contributed by atoms with E-state index in [1.165, 1.54) is 6.07 Å². The molecule has 1 rings (SSSR count). The van der Waals surface area contributed by atoms with Gasteiger partial charge < -0.3 is 4.74 Å². The molecule has 1 aromatic carbocycles. The minimum atomic E-state index is -5.03. The summed E-state index contributed by atoms with van der Waals surface area (Å²) in [5.41, 5.74) is -0.669. The Kier molecular flexibility index (Phi) is 4.10. The second-order valence-corrected chi connectivity index (χ2v) is 3.27. The van der Waals surface area contributed by atoms with Crippen LogP contribution in [-0.2, 0) is 0 Å². The lowest BCUT2D eigenvalue weighted by atomic mass is 10.3. The smallest absolute Gasteiger partial charge is 0.403 e. The van der Waals surface area contributed by atoms with Gasteiger partial charge in [-0.05, 0) is 12.1 Å². The zero-order valence-corrected chi connectivity index (χ0v) is 9.07. The molecule has 0 aliphatic carbocycles. The van der Waals surface area contributed by atoms with Gasteiger partial charge in [-0.1, -0.05) is 23.7 Å². The van der Waals surface area contributed by atoms with Gasteiger partial charge in [0, 0.05) is 0 Å². The number of alkyl halides is 6. The van der Waals surface area contributed by atoms with E-state index in [0.29, 0.717) is 0 Å². The first-order valence-corrected chi connectivity index (χ1v) is 4.63. The molecule has 0 fully saturated rings. The summed E-state index contributed by atoms with van der Waals surface area (Å²) in [5.74, 6) is -0.868. The summed E-state index contributed by atoms with van der Waals surface area (Å²) in [6.07, 6.45) is -9.97. The molecule has 0 amide bonds. The van der Waals surface area contributed by atoms with E-state index in [1.54, 1.807) is 0 Å². The number of hydrogen-bond acceptors (Lipinski definition) is 2. The van der Waals surface area contributed by atoms with Gasteiger partial charge >= 0.3 is 12.5 Å². The van der Waals surface area contributed by atoms with E-state index in [0.717, 1.165) is 18.2 Å². The minimum Gasteiger partial charge on any atom is -0.403 e. The summed E-state index contributed by atoms with van der Waals surface area (Å²) in [6, 6.07) is 4.09. The van der Waals surface area contributed by atoms with E-state index in [4.69, 9.17) is 11.6 Å². The van der Waals surface area contributed by atoms with Crippen molar-refractivity contribution in [2.24, 2.45) is 4.99 Å². The zero-order chi connectivity index (χ0) is 14.0. The molecule has 0 spiro atoms. The second kappa shape index (κ2) is 5.05. The zero-order valence-electron chi connectivity index (χ0n) is 8.31. The topological polar surface area (TPSA) is 21.6 Å². The Morgan fingerprint density at radius 3 is 2.11 bits per heavy atom. The summed E-state index contributed by atoms with van der Waals surface area (Å²) < 4.78 is 75.6. The summed E-state index contributed by atoms with van der Waals surface area (Å²) in [7, 11) is 0. The number of benzene rings is 1. The third-order valence-electron chi connectivity index (χ3n) is 1.54. The van der Waals surface area contributed by atoms with E-state index in [1.807, 2.05) is 0 Å². The van der Waals surface area contributed by atoms with Crippen LogP contribution in [0, 0.1) is 0 Å². The van der Waals surface area contributed by atoms with Crippen LogP contribution in [0.2, 0.25) is 0 Å². The fraction of sp³-hybridized carbons (Fsp3) is 0.222. The van der Waals surface area contributed by atoms with Gasteiger partial charge in [0.1, 0.15) is 5.69 Å². The molecule has 2 nitrogen and oxygen atoms in total. The van der Waals surface area contributed by atoms with Crippen LogP contribution in [0.15, 0.2) is 29.3 Å². The molecule has 1 aromatic rings. The van der Waals surface area contributed by atoms with Crippen molar-refractivity contribution in [1.82, 2.24) is 0 Å². The van der Waals surface area contributed by atoms with Crippen molar-refractivity contribution in [1.29, 1.82) is 0 Å². The molecule has 0 aromatic heterocycles. The lowest BCUT2D eigenvalue weighted by Gasteiger charge is -2.11. The van der Waals surface area contributed by atoms with Gasteiger partial charge in [0.25, 0.3) is 0 Å². The van der Waals surface area contributed by atoms with Gasteiger partial charge in [-0.2, -0.15) is 13.2 Å². The molecule has 0 N–H and O–H groups in total. The fourth-order valence-corrected chi connectivity index (χ4v) is 1.02. The summed E-state index contributed by atoms with van der Waals surface area (Å²) in [6.45, 7) is 0. The molecule has 0 saturated heterocycles. The first-order chi connectivity index (χ1) is 8.09. The Morgan fingerprint density at radius 2 is 1.61 bits per heavy atom. The predicted molar refractivity (Wildman–Crippen MR) is 52.1 cm³/mol. The van der Waals surface area contributed by atoms with E-state index >= 15 is 0 Å². The summed E-state index contributed by atoms with van der Waals surface area (Å²) >= 11 is 4.82. The van der Waals surface area contributed by atoms with Gasteiger partial charge in [0.05, 0.1) is 0 Å². The van der Waals surface area contributed by atoms with Crippen LogP contribution < -0.4 is 4.74 Å². The Labute approximate surface area is 102 Å². The molecule has 18 heavy (non-hydrogen) atoms. The largest absolute Gasteiger partial charge is 0.573 e. The molecule has 0 aliphatic rings. The van der Waals surface area contributed by atoms with Crippen LogP contribution in [-0.4, -0.2) is 17.7 Å². The predicted octanol–water partition coefficient (Wildman–Crippen LogP) is 4.42. The van der Waals surface area contributed by atoms with E-state index < -0.39 is 29.1 Å². The van der Waals surface area contributed by atoms with Gasteiger partial charge in [0.15, 0.2) is 5.75 Å². The van der Waals surface area contributed by atoms with Crippen LogP contribution >= 0.6 is 11.6 Å². The van der Waals surface area contributed by atoms with Crippen molar-refractivity contribution in [2.45, 2.75) is 12.5 Å². The maximum Gasteiger partial charge on any atom is 0.573 e. The normalized spacial score (nSPS) is 13.6. The van der Waals surface area contributed by atoms with Crippen LogP contribution in [0.25, 0.3) is 0 Å². The number of aliphatic imine (C=N–C) groups is 1. The van der Waals surface area contributed by atoms with Gasteiger partial charge in [0.2, 0.25) is 5.17 Å². The average Bonchev–Trinajstić information content (AvgIpc) is 2.17. The molecule has 100 valence electrons. The Hall–Kier alpha value is -1.44. The van der Waals surface area contributed by atoms with Crippen molar-refractivity contribution >= 4 is 22.5 Å². The van der Waals surface area contributed by atoms with E-state index in [9.17, 15) is 26.3 Å². The molecular formula is C9H4ClF6NO. The maximum absolute atomic E-state index is 12.1. The molecule has 0 saturated carbocycles. The number of para-hydroxylation sites is 2. The lowest BCUT2D eigenvalue weighted by molar-refractivity contribution is -0.274. The molecular weight excluding hydrogens is 288 g/mol. The number of nitrogens with zero attached hydrogens (tertiary/aromatic N) is 1. The van der Waals surface area contributed by atoms with Crippen LogP contribution in [0.3, 0.4) is 0 Å². The fourth-order valence-electron chi connectivity index (χ4n) is 0.930. The first-order valence-electron chi connectivity index (χ1n) is 4.26. The van der Waals surface area contributed by atoms with Crippen LogP contribution in [0.5, 0.6) is 5.75 Å². The van der Waals surface area contributed by atoms with Gasteiger partial charge in [-0.15, -0.1) is 13.2 Å². The standard InChI is InChI=1S/C9H4ClF6NO/c10-7(8(11,12)13)17-5-3-1-2-4-6(5)18-9(14,15)16/h1-4H. The highest BCUT2D eigenvalue weighted by Gasteiger charge is 2.35. The molecule has 0 atom stereocenters. The molecule has 0 unspecified atom stereocenters. The van der Waals surface area contributed by atoms with Crippen LogP contribution in [0.1, 0.15) is 0 Å². The number of hydrogen-bond donors (Lipinski definition) is 0. The Morgan fingerprint density at radius 1 is 1.06 bits per heavy atom. The number of ether oxygens (including phenoxy) is 1. The number of halogens is 7. The molecule has 0 bridgehead atoms. The van der Waals surface area contributed by atoms with Gasteiger partial charge in [-0.3, -0.25) is 0 Å². The van der Waals surface area contributed by atoms with E-state index in [2.05, 4.69) is 9.73 Å². The van der Waals surface area contributed by atoms with Crippen molar-refractivity contribution in [3.05, 3.63) is 24.3 Å². The Balaban J connectivity index is 3.11. The quantitative estimate of drug-likeness (QED) is 0.584. The third kappa shape index (κ3) is 4.44. The van der Waals surface area contributed by atoms with Crippen molar-refractivity contribution in [2.75, 3.05) is 0 Å². The van der Waals surface area contributed by atoms with Crippen LogP contribution in [0.4, 0.5) is 32.0 Å². The highest BCUT2D eigenvalue weighted by molar-refractivity contribution is 6.67. The van der Waals surface area contributed by atoms with Gasteiger partial charge in [-0.25, -0.2) is 4.99 Å². The van der Waals surface area contributed by atoms with Crippen molar-refractivity contribution < 1.29 is 31.1 Å². The third-order valence-corrected chi connectivity index (χ3v) is 1.84. The van der Waals surface area contributed by atoms with Crippen molar-refractivity contribution in [3.63, 3.8) is 0 Å². The maximum atomic E-state index is 12.1. The number of rotatable bonds is 2. The highest BCUT2D eigenvalue weighted by atomic mass is 35.5. The van der Waals surface area contributed by atoms with E-state index in [-0.39, 0.29) is 0 Å². The lowest BCUT2D eigenvalue weighted by Crippen LogP contribution is -2.18. The molecule has 0 radical (unpaired) electrons. The average molecular weight is 292 g/mol. The first kappa shape index (κ1) is 14.6. The molecule has 9 heteroatoms. The monoisotopic (exact) mass is 291 g/mol. The highest BCUT2D eigenvalue weighted by Crippen LogP contribution is 2.34. The Bertz CT molecular complexity index is 453. The summed E-state index contributed by atoms with van der Waals surface area (Å²) in [5, 5.41) is -1.79. The second-order valence-electron chi connectivity index (χ2n) is 2.92. The molecule has 0 aliphatic heterocycles. The minimum absolute atomic E-state index is 0.669. The SMILES string of the molecule is FC(F)(F)Oc1ccccc1N=C(Cl)C(F)(F)F. The summed E-state index contributed by atoms with van der Waals surface area (Å²) in [4.78, 5) is 2.85. The van der Waals surface area contributed by atoms with Crippen molar-refractivity contribution in [3.8, 4) is 5.75 Å². The molecule has 0 heterocycles.